The molecule has 2 fully saturated rings. The monoisotopic (exact) mass is 963 g/mol. The minimum absolute atomic E-state index is 0.00424. The first kappa shape index (κ1) is 47.8. The molecule has 13 atom stereocenters. The van der Waals surface area contributed by atoms with E-state index in [1.165, 1.54) is 6.92 Å². The predicted molar refractivity (Wildman–Crippen MR) is 173 cm³/mol. The number of fused-ring (bicyclic) bond motifs is 1. The van der Waals surface area contributed by atoms with Gasteiger partial charge >= 0.3 is 5.69 Å². The van der Waals surface area contributed by atoms with E-state index in [0.29, 0.717) is 0 Å². The second-order valence-corrected chi connectivity index (χ2v) is 22.4. The van der Waals surface area contributed by atoms with Crippen molar-refractivity contribution < 1.29 is 108 Å². The number of rotatable bonds is 18. The van der Waals surface area contributed by atoms with Crippen LogP contribution in [0.25, 0.3) is 11.2 Å². The van der Waals surface area contributed by atoms with Gasteiger partial charge < -0.3 is 78.1 Å². The molecule has 32 nitrogen and oxygen atoms in total. The number of hydrogen-bond acceptors (Lipinski definition) is 29. The number of phosphoric acid groups is 4. The molecular formula is C21H27N7O25P6-6. The number of phosphoric ester groups is 1. The molecule has 2 saturated heterocycles. The Balaban J connectivity index is 1.11. The zero-order valence-corrected chi connectivity index (χ0v) is 34.3. The summed E-state index contributed by atoms with van der Waals surface area (Å²) in [5, 5.41) is 31.0. The lowest BCUT2D eigenvalue weighted by atomic mass is 10.1. The van der Waals surface area contributed by atoms with Crippen molar-refractivity contribution >= 4 is 63.5 Å². The molecule has 13 unspecified atom stereocenters. The summed E-state index contributed by atoms with van der Waals surface area (Å²) in [6.45, 7) is -1.13. The summed E-state index contributed by atoms with van der Waals surface area (Å²) in [5.74, 6) is -2.42. The van der Waals surface area contributed by atoms with Gasteiger partial charge in [0.25, 0.3) is 36.9 Å². The third-order valence-electron chi connectivity index (χ3n) is 7.66. The lowest BCUT2D eigenvalue weighted by Gasteiger charge is -2.38. The van der Waals surface area contributed by atoms with Crippen LogP contribution in [-0.4, -0.2) is 94.0 Å². The van der Waals surface area contributed by atoms with Gasteiger partial charge in [0.05, 0.1) is 31.5 Å². The normalized spacial score (nSPS) is 29.8. The second kappa shape index (κ2) is 17.5. The van der Waals surface area contributed by atoms with E-state index >= 15 is 0 Å². The number of nitrogens with zero attached hydrogens (tertiary/aromatic N) is 5. The number of aliphatic hydroxyl groups excluding tert-OH is 3. The molecule has 0 spiro atoms. The number of nitrogen functional groups attached to an aromatic ring is 1. The number of anilines is 1. The standard InChI is InChI=1S/C21H33N7O25P6/c1-9-3-27(21(33)26-19(9)32)13-2-10(29)11(48-13)4-46-54(34,35)8-55(36,37)50-57(40,41)52-59(44,45)53-58(42,43)51-56(38,39)47-5-12-15(30)16(31)20(49-12)28-7-25-14-17(22)23-6-24-18(14)28/h3,6-7,10-13,15-16,20,29-31H,2,4-5,8H2,1H3,(H,34,35)(H,36,37)(H,38,39)(H,40,41)(H,42,43)(H,44,45)(H2,22,23,24)(H,26,32,33)/p-6. The molecule has 0 aliphatic carbocycles. The third-order valence-corrected chi connectivity index (χ3v) is 18.0. The first-order valence-electron chi connectivity index (χ1n) is 15.6. The van der Waals surface area contributed by atoms with Crippen molar-refractivity contribution in [3.05, 3.63) is 45.3 Å². The number of aromatic amines is 1. The van der Waals surface area contributed by atoms with E-state index in [4.69, 9.17) is 15.2 Å². The Bertz CT molecular complexity index is 2480. The lowest BCUT2D eigenvalue weighted by Crippen LogP contribution is -2.34. The quantitative estimate of drug-likeness (QED) is 0.0743. The minimum Gasteiger partial charge on any atom is -0.778 e. The molecule has 0 radical (unpaired) electrons. The van der Waals surface area contributed by atoms with Gasteiger partial charge in [-0.25, -0.2) is 32.7 Å². The van der Waals surface area contributed by atoms with E-state index in [-0.39, 0.29) is 29.0 Å². The average molecular weight is 963 g/mol. The molecule has 0 aromatic carbocycles. The fourth-order valence-corrected chi connectivity index (χ4v) is 14.1. The van der Waals surface area contributed by atoms with E-state index in [2.05, 4.69) is 41.2 Å². The summed E-state index contributed by atoms with van der Waals surface area (Å²) in [6, 6.07) is 0. The maximum atomic E-state index is 12.3. The van der Waals surface area contributed by atoms with Crippen molar-refractivity contribution in [2.45, 2.75) is 56.3 Å². The molecule has 0 saturated carbocycles. The Morgan fingerprint density at radius 1 is 0.797 bits per heavy atom. The summed E-state index contributed by atoms with van der Waals surface area (Å²) in [5.41, 5.74) is 4.09. The van der Waals surface area contributed by atoms with Crippen molar-refractivity contribution in [3.8, 4) is 0 Å². The van der Waals surface area contributed by atoms with Crippen LogP contribution in [0.15, 0.2) is 28.4 Å². The van der Waals surface area contributed by atoms with Crippen molar-refractivity contribution in [1.29, 1.82) is 0 Å². The predicted octanol–water partition coefficient (Wildman–Crippen LogP) is -5.43. The van der Waals surface area contributed by atoms with Crippen LogP contribution in [0.5, 0.6) is 0 Å². The SMILES string of the molecule is Cc1cn(C2CC(O)C(COP(=O)([O-])CP(=O)([O-])OP(=O)([O-])OP(=O)([O-])OP(=O)([O-])OP(=O)([O-])OCC3OC(n4cnc5c(N)ncnc54)C(O)C3O)O2)c(=O)[nH]c1=O. The Morgan fingerprint density at radius 2 is 1.39 bits per heavy atom. The smallest absolute Gasteiger partial charge is 0.330 e. The molecule has 3 aromatic rings. The molecule has 6 N–H and O–H groups in total. The fourth-order valence-electron chi connectivity index (χ4n) is 5.21. The lowest BCUT2D eigenvalue weighted by molar-refractivity contribution is -0.254. The highest BCUT2D eigenvalue weighted by Gasteiger charge is 2.45. The summed E-state index contributed by atoms with van der Waals surface area (Å²) in [7, 11) is -39.0. The summed E-state index contributed by atoms with van der Waals surface area (Å²) in [6.07, 6.45) is -8.63. The molecule has 59 heavy (non-hydrogen) atoms. The van der Waals surface area contributed by atoms with Gasteiger partial charge in [-0.1, -0.05) is 0 Å². The fraction of sp³-hybridized carbons (Fsp3) is 0.571. The van der Waals surface area contributed by atoms with Gasteiger partial charge in [0.2, 0.25) is 0 Å². The van der Waals surface area contributed by atoms with Gasteiger partial charge in [-0.3, -0.25) is 41.5 Å². The molecule has 0 bridgehead atoms. The van der Waals surface area contributed by atoms with Crippen molar-refractivity contribution in [2.75, 3.05) is 24.9 Å². The number of aryl methyl sites for hydroxylation is 1. The van der Waals surface area contributed by atoms with Crippen LogP contribution in [0.1, 0.15) is 24.4 Å². The van der Waals surface area contributed by atoms with Crippen molar-refractivity contribution in [1.82, 2.24) is 29.1 Å². The topological polar surface area (TPSA) is 500 Å². The first-order valence-corrected chi connectivity index (χ1v) is 24.9. The highest BCUT2D eigenvalue weighted by atomic mass is 31.3. The van der Waals surface area contributed by atoms with Crippen LogP contribution in [0.3, 0.4) is 0 Å². The number of H-pyrrole nitrogens is 1. The number of imidazole rings is 1. The van der Waals surface area contributed by atoms with Gasteiger partial charge in [0.1, 0.15) is 50.1 Å². The van der Waals surface area contributed by atoms with Gasteiger partial charge in [-0.05, 0) is 6.92 Å². The van der Waals surface area contributed by atoms with Crippen LogP contribution in [0.4, 0.5) is 5.82 Å². The van der Waals surface area contributed by atoms with Crippen LogP contribution < -0.4 is 46.3 Å². The second-order valence-electron chi connectivity index (χ2n) is 12.1. The van der Waals surface area contributed by atoms with Crippen molar-refractivity contribution in [2.24, 2.45) is 0 Å². The molecule has 2 aliphatic rings. The number of nitrogens with one attached hydrogen (secondary N) is 1. The van der Waals surface area contributed by atoms with Gasteiger partial charge in [-0.15, -0.1) is 0 Å². The zero-order chi connectivity index (χ0) is 44.1. The van der Waals surface area contributed by atoms with E-state index < -0.39 is 120 Å². The Labute approximate surface area is 326 Å². The Kier molecular flexibility index (Phi) is 14.2. The first-order chi connectivity index (χ1) is 27.0. The van der Waals surface area contributed by atoms with Gasteiger partial charge in [0, 0.05) is 18.2 Å². The number of hydrogen-bond donors (Lipinski definition) is 5. The van der Waals surface area contributed by atoms with Gasteiger partial charge in [-0.2, -0.15) is 0 Å². The molecule has 5 heterocycles. The maximum Gasteiger partial charge on any atom is 0.330 e. The van der Waals surface area contributed by atoms with E-state index in [9.17, 15) is 81.7 Å². The molecule has 5 rings (SSSR count). The molecule has 0 amide bonds. The highest BCUT2D eigenvalue weighted by Crippen LogP contribution is 2.70. The van der Waals surface area contributed by atoms with Crippen molar-refractivity contribution in [3.63, 3.8) is 0 Å². The Morgan fingerprint density at radius 3 is 2.03 bits per heavy atom. The average Bonchev–Trinajstić information content (AvgIpc) is 3.73. The van der Waals surface area contributed by atoms with Crippen LogP contribution in [-0.2, 0) is 63.2 Å². The summed E-state index contributed by atoms with van der Waals surface area (Å²) >= 11 is 0. The Hall–Kier alpha value is -2.27. The third kappa shape index (κ3) is 12.2. The number of ether oxygens (including phenoxy) is 2. The number of aromatic nitrogens is 6. The van der Waals surface area contributed by atoms with Gasteiger partial charge in [0.15, 0.2) is 25.3 Å². The molecular weight excluding hydrogens is 936 g/mol. The summed E-state index contributed by atoms with van der Waals surface area (Å²) in [4.78, 5) is 110. The van der Waals surface area contributed by atoms with Crippen LogP contribution in [0, 0.1) is 6.92 Å². The van der Waals surface area contributed by atoms with E-state index in [0.717, 1.165) is 28.0 Å². The zero-order valence-electron chi connectivity index (χ0n) is 28.9. The van der Waals surface area contributed by atoms with Crippen LogP contribution >= 0.6 is 46.5 Å². The number of nitrogens with two attached hydrogens (primary N) is 1. The molecule has 3 aromatic heterocycles. The van der Waals surface area contributed by atoms with E-state index in [1.54, 1.807) is 0 Å². The minimum atomic E-state index is -6.97. The number of aliphatic hydroxyl groups is 3. The summed E-state index contributed by atoms with van der Waals surface area (Å²) < 4.78 is 108. The highest BCUT2D eigenvalue weighted by molar-refractivity contribution is 7.74. The van der Waals surface area contributed by atoms with Crippen LogP contribution in [0.2, 0.25) is 0 Å². The molecule has 2 aliphatic heterocycles. The maximum absolute atomic E-state index is 12.3. The molecule has 332 valence electrons. The molecule has 38 heteroatoms. The van der Waals surface area contributed by atoms with E-state index in [1.807, 2.05) is 4.98 Å². The largest absolute Gasteiger partial charge is 0.778 e.